The van der Waals surface area contributed by atoms with Gasteiger partial charge in [-0.05, 0) is 60.8 Å². The van der Waals surface area contributed by atoms with Crippen LogP contribution in [0.3, 0.4) is 0 Å². The number of carbonyl (C=O) groups excluding carboxylic acids is 1. The highest BCUT2D eigenvalue weighted by molar-refractivity contribution is 6.00. The molecule has 1 amide bonds. The average Bonchev–Trinajstić information content (AvgIpc) is 3.62. The molecule has 0 radical (unpaired) electrons. The third-order valence-electron chi connectivity index (χ3n) is 7.89. The smallest absolute Gasteiger partial charge is 0.255 e. The third-order valence-corrected chi connectivity index (χ3v) is 7.89. The van der Waals surface area contributed by atoms with Crippen LogP contribution < -0.4 is 0 Å². The lowest BCUT2D eigenvalue weighted by Crippen LogP contribution is -2.23. The molecule has 0 spiro atoms. The Bertz CT molecular complexity index is 1320. The fourth-order valence-electron chi connectivity index (χ4n) is 6.03. The van der Waals surface area contributed by atoms with Gasteiger partial charge in [-0.3, -0.25) is 14.5 Å². The van der Waals surface area contributed by atoms with E-state index < -0.39 is 0 Å². The quantitative estimate of drug-likeness (QED) is 0.498. The summed E-state index contributed by atoms with van der Waals surface area (Å²) in [4.78, 5) is 19.8. The minimum atomic E-state index is 0.00939. The Morgan fingerprint density at radius 2 is 1.91 bits per heavy atom. The number of hydrogen-bond donors (Lipinski definition) is 0. The van der Waals surface area contributed by atoms with Gasteiger partial charge in [-0.15, -0.1) is 6.42 Å². The number of aryl methyl sites for hydroxylation is 2. The molecular weight excluding hydrogens is 420 g/mol. The molecule has 0 unspecified atom stereocenters. The first-order chi connectivity index (χ1) is 16.5. The number of benzene rings is 1. The fraction of sp³-hybridized carbons (Fsp3) is 0.414. The second kappa shape index (κ2) is 8.13. The molecule has 0 saturated heterocycles. The van der Waals surface area contributed by atoms with Crippen LogP contribution in [0, 0.1) is 17.8 Å². The van der Waals surface area contributed by atoms with Crippen LogP contribution in [0.2, 0.25) is 0 Å². The van der Waals surface area contributed by atoms with Crippen molar-refractivity contribution in [3.63, 3.8) is 0 Å². The van der Waals surface area contributed by atoms with Gasteiger partial charge in [0.1, 0.15) is 0 Å². The summed E-state index contributed by atoms with van der Waals surface area (Å²) in [5, 5.41) is 4.74. The Labute approximate surface area is 201 Å². The van der Waals surface area contributed by atoms with Crippen LogP contribution in [0.25, 0.3) is 22.4 Å². The lowest BCUT2D eigenvalue weighted by Gasteiger charge is -2.23. The van der Waals surface area contributed by atoms with Crippen LogP contribution in [0.1, 0.15) is 66.2 Å². The van der Waals surface area contributed by atoms with Crippen LogP contribution in [0.15, 0.2) is 36.7 Å². The Morgan fingerprint density at radius 3 is 2.74 bits per heavy atom. The van der Waals surface area contributed by atoms with Crippen LogP contribution >= 0.6 is 0 Å². The van der Waals surface area contributed by atoms with E-state index in [0.29, 0.717) is 18.5 Å². The molecule has 34 heavy (non-hydrogen) atoms. The summed E-state index contributed by atoms with van der Waals surface area (Å²) in [6.45, 7) is 4.26. The van der Waals surface area contributed by atoms with Crippen molar-refractivity contribution in [3.05, 3.63) is 59.0 Å². The summed E-state index contributed by atoms with van der Waals surface area (Å²) in [6.07, 6.45) is 18.0. The van der Waals surface area contributed by atoms with Gasteiger partial charge < -0.3 is 4.90 Å². The summed E-state index contributed by atoms with van der Waals surface area (Å²) < 4.78 is 2.11. The van der Waals surface area contributed by atoms with Gasteiger partial charge in [-0.2, -0.15) is 5.10 Å². The monoisotopic (exact) mass is 450 g/mol. The van der Waals surface area contributed by atoms with Crippen LogP contribution in [-0.2, 0) is 25.9 Å². The molecule has 2 aromatic heterocycles. The normalized spacial score (nSPS) is 18.2. The first kappa shape index (κ1) is 21.2. The van der Waals surface area contributed by atoms with E-state index in [9.17, 15) is 4.79 Å². The number of fused-ring (bicyclic) bond motifs is 2. The first-order valence-electron chi connectivity index (χ1n) is 12.4. The zero-order valence-corrected chi connectivity index (χ0v) is 19.8. The molecule has 1 saturated carbocycles. The molecule has 0 bridgehead atoms. The number of carbonyl (C=O) groups is 1. The highest BCUT2D eigenvalue weighted by atomic mass is 16.2. The summed E-state index contributed by atoms with van der Waals surface area (Å²) in [5.41, 5.74) is 8.77. The minimum Gasteiger partial charge on any atom is -0.323 e. The van der Waals surface area contributed by atoms with Gasteiger partial charge in [0.05, 0.1) is 18.4 Å². The van der Waals surface area contributed by atoms with Crippen LogP contribution in [-0.4, -0.2) is 32.1 Å². The van der Waals surface area contributed by atoms with Crippen molar-refractivity contribution in [1.29, 1.82) is 0 Å². The summed E-state index contributed by atoms with van der Waals surface area (Å²) >= 11 is 0. The van der Waals surface area contributed by atoms with E-state index in [1.54, 1.807) is 4.90 Å². The molecule has 1 aliphatic heterocycles. The Hall–Kier alpha value is -3.39. The number of terminal acetylenes is 1. The van der Waals surface area contributed by atoms with Crippen LogP contribution in [0.5, 0.6) is 0 Å². The first-order valence-corrected chi connectivity index (χ1v) is 12.4. The van der Waals surface area contributed by atoms with Gasteiger partial charge in [-0.1, -0.05) is 37.8 Å². The highest BCUT2D eigenvalue weighted by Crippen LogP contribution is 2.40. The van der Waals surface area contributed by atoms with E-state index in [-0.39, 0.29) is 5.91 Å². The number of nitrogens with zero attached hydrogens (tertiary/aromatic N) is 4. The minimum absolute atomic E-state index is 0.00939. The molecule has 3 aromatic rings. The van der Waals surface area contributed by atoms with Crippen molar-refractivity contribution in [2.45, 2.75) is 65.0 Å². The zero-order chi connectivity index (χ0) is 23.3. The van der Waals surface area contributed by atoms with Crippen molar-refractivity contribution < 1.29 is 4.79 Å². The predicted octanol–water partition coefficient (Wildman–Crippen LogP) is 5.27. The average molecular weight is 451 g/mol. The molecule has 3 aliphatic rings. The van der Waals surface area contributed by atoms with Gasteiger partial charge in [0.25, 0.3) is 5.91 Å². The maximum atomic E-state index is 12.9. The van der Waals surface area contributed by atoms with E-state index in [1.807, 2.05) is 12.3 Å². The van der Waals surface area contributed by atoms with Gasteiger partial charge in [-0.25, -0.2) is 0 Å². The SMILES string of the molecule is C#CCN1Cc2ccc(-c3nc4c(cc3-c3cnn(CC5(C)CCCC5)c3)CCC4)cc2C1=O. The molecule has 3 heterocycles. The summed E-state index contributed by atoms with van der Waals surface area (Å²) in [7, 11) is 0. The third kappa shape index (κ3) is 3.62. The number of rotatable bonds is 5. The largest absolute Gasteiger partial charge is 0.323 e. The highest BCUT2D eigenvalue weighted by Gasteiger charge is 2.30. The molecule has 5 heteroatoms. The Morgan fingerprint density at radius 1 is 1.06 bits per heavy atom. The van der Waals surface area contributed by atoms with E-state index in [1.165, 1.54) is 36.9 Å². The van der Waals surface area contributed by atoms with E-state index in [2.05, 4.69) is 41.9 Å². The standard InChI is InChI=1S/C29H30N4O/c1-3-13-32-17-22-10-9-21(15-25(22)28(32)34)27-24(14-20-7-6-8-26(20)31-27)23-16-30-33(18-23)19-29(2)11-4-5-12-29/h1,9-10,14-16,18H,4-8,11-13,17,19H2,2H3. The van der Waals surface area contributed by atoms with Crippen molar-refractivity contribution in [1.82, 2.24) is 19.7 Å². The Balaban J connectivity index is 1.40. The number of aromatic nitrogens is 3. The molecule has 6 rings (SSSR count). The lowest BCUT2D eigenvalue weighted by molar-refractivity contribution is 0.0799. The van der Waals surface area contributed by atoms with Gasteiger partial charge in [0, 0.05) is 47.2 Å². The maximum Gasteiger partial charge on any atom is 0.255 e. The molecule has 0 atom stereocenters. The second-order valence-electron chi connectivity index (χ2n) is 10.5. The fourth-order valence-corrected chi connectivity index (χ4v) is 6.03. The number of hydrogen-bond acceptors (Lipinski definition) is 3. The van der Waals surface area contributed by atoms with Crippen molar-refractivity contribution in [2.24, 2.45) is 5.41 Å². The van der Waals surface area contributed by atoms with E-state index >= 15 is 0 Å². The molecule has 172 valence electrons. The van der Waals surface area contributed by atoms with Gasteiger partial charge in [0.15, 0.2) is 0 Å². The van der Waals surface area contributed by atoms with Crippen LogP contribution in [0.4, 0.5) is 0 Å². The van der Waals surface area contributed by atoms with Crippen molar-refractivity contribution in [3.8, 4) is 34.7 Å². The molecule has 0 N–H and O–H groups in total. The second-order valence-corrected chi connectivity index (χ2v) is 10.5. The van der Waals surface area contributed by atoms with E-state index in [4.69, 9.17) is 16.5 Å². The molecule has 1 fully saturated rings. The van der Waals surface area contributed by atoms with Crippen molar-refractivity contribution >= 4 is 5.91 Å². The summed E-state index contributed by atoms with van der Waals surface area (Å²) in [6, 6.07) is 8.47. The molecule has 2 aliphatic carbocycles. The Kier molecular flexibility index (Phi) is 5.06. The molecule has 1 aromatic carbocycles. The summed E-state index contributed by atoms with van der Waals surface area (Å²) in [5.74, 6) is 2.60. The maximum absolute atomic E-state index is 12.9. The van der Waals surface area contributed by atoms with E-state index in [0.717, 1.165) is 59.3 Å². The topological polar surface area (TPSA) is 51.0 Å². The number of amides is 1. The van der Waals surface area contributed by atoms with Gasteiger partial charge >= 0.3 is 0 Å². The molecular formula is C29H30N4O. The zero-order valence-electron chi connectivity index (χ0n) is 19.8. The van der Waals surface area contributed by atoms with Gasteiger partial charge in [0.2, 0.25) is 0 Å². The van der Waals surface area contributed by atoms with Crippen molar-refractivity contribution in [2.75, 3.05) is 6.54 Å². The lowest BCUT2D eigenvalue weighted by atomic mass is 9.89. The molecule has 5 nitrogen and oxygen atoms in total. The predicted molar refractivity (Wildman–Crippen MR) is 133 cm³/mol. The number of pyridine rings is 1.